The van der Waals surface area contributed by atoms with Crippen molar-refractivity contribution in [2.45, 2.75) is 39.5 Å². The Labute approximate surface area is 150 Å². The lowest BCUT2D eigenvalue weighted by Gasteiger charge is -2.09. The molecule has 8 heteroatoms. The number of alkyl halides is 3. The van der Waals surface area contributed by atoms with Crippen molar-refractivity contribution < 1.29 is 23.1 Å². The van der Waals surface area contributed by atoms with E-state index >= 15 is 0 Å². The number of nitrogens with two attached hydrogens (primary N) is 1. The second kappa shape index (κ2) is 8.18. The minimum Gasteiger partial charge on any atom is -0.398 e. The maximum absolute atomic E-state index is 12.5. The zero-order valence-corrected chi connectivity index (χ0v) is 15.0. The van der Waals surface area contributed by atoms with Gasteiger partial charge in [0.25, 0.3) is 5.91 Å². The predicted octanol–water partition coefficient (Wildman–Crippen LogP) is 4.02. The zero-order valence-electron chi connectivity index (χ0n) is 15.0. The maximum atomic E-state index is 12.5. The van der Waals surface area contributed by atoms with E-state index < -0.39 is 23.4 Å². The van der Waals surface area contributed by atoms with Crippen LogP contribution in [0, 0.1) is 6.92 Å². The molecule has 0 radical (unpaired) electrons. The summed E-state index contributed by atoms with van der Waals surface area (Å²) >= 11 is 0. The number of anilines is 2. The number of halogens is 3. The number of pyridine rings is 1. The molecule has 1 heterocycles. The Hall–Kier alpha value is -2.61. The van der Waals surface area contributed by atoms with Crippen LogP contribution in [-0.2, 0) is 6.18 Å². The van der Waals surface area contributed by atoms with E-state index in [2.05, 4.69) is 10.3 Å². The lowest BCUT2D eigenvalue weighted by molar-refractivity contribution is -0.141. The number of hydrogen-bond donors (Lipinski definition) is 3. The van der Waals surface area contributed by atoms with Crippen LogP contribution >= 0.6 is 0 Å². The van der Waals surface area contributed by atoms with E-state index in [1.54, 1.807) is 45.9 Å². The van der Waals surface area contributed by atoms with E-state index in [1.807, 2.05) is 0 Å². The molecule has 5 nitrogen and oxygen atoms in total. The largest absolute Gasteiger partial charge is 0.433 e. The highest BCUT2D eigenvalue weighted by Crippen LogP contribution is 2.28. The monoisotopic (exact) mass is 369 g/mol. The van der Waals surface area contributed by atoms with Crippen LogP contribution in [0.1, 0.15) is 42.4 Å². The molecular formula is C18H22F3N3O2. The summed E-state index contributed by atoms with van der Waals surface area (Å²) in [5.74, 6) is -0.661. The topological polar surface area (TPSA) is 88.2 Å². The number of aromatic nitrogens is 1. The quantitative estimate of drug-likeness (QED) is 0.698. The van der Waals surface area contributed by atoms with Gasteiger partial charge in [-0.2, -0.15) is 13.2 Å². The average Bonchev–Trinajstić information content (AvgIpc) is 2.48. The molecule has 1 aromatic carbocycles. The van der Waals surface area contributed by atoms with Crippen LogP contribution in [0.3, 0.4) is 0 Å². The summed E-state index contributed by atoms with van der Waals surface area (Å²) in [6.45, 7) is 7.03. The first-order valence-corrected chi connectivity index (χ1v) is 7.70. The number of aliphatic hydroxyl groups is 1. The number of aryl methyl sites for hydroxylation is 1. The van der Waals surface area contributed by atoms with Crippen molar-refractivity contribution in [3.8, 4) is 0 Å². The van der Waals surface area contributed by atoms with Gasteiger partial charge in [-0.05, 0) is 57.5 Å². The highest BCUT2D eigenvalue weighted by Gasteiger charge is 2.32. The summed E-state index contributed by atoms with van der Waals surface area (Å²) in [4.78, 5) is 15.1. The molecule has 0 aliphatic carbocycles. The van der Waals surface area contributed by atoms with Gasteiger partial charge < -0.3 is 16.2 Å². The van der Waals surface area contributed by atoms with Gasteiger partial charge in [0.05, 0.1) is 5.60 Å². The Balaban J connectivity index is 0.000000597. The predicted molar refractivity (Wildman–Crippen MR) is 94.8 cm³/mol. The zero-order chi connectivity index (χ0) is 20.1. The highest BCUT2D eigenvalue weighted by molar-refractivity contribution is 6.04. The molecule has 0 saturated heterocycles. The number of nitrogen functional groups attached to an aromatic ring is 1. The minimum atomic E-state index is -4.59. The molecule has 26 heavy (non-hydrogen) atoms. The number of carbonyl (C=O) groups excluding carboxylic acids is 1. The SMILES string of the molecule is CC(C)(C)O.Cc1ccc(NC(=O)c2ccnc(C(F)(F)F)c2)cc1N. The standard InChI is InChI=1S/C14H12F3N3O.C4H10O/c1-8-2-3-10(7-11(8)18)20-13(21)9-4-5-19-12(6-9)14(15,16)17;1-4(2,3)5/h2-7H,18H2,1H3,(H,20,21);5H,1-3H3. The van der Waals surface area contributed by atoms with E-state index in [0.717, 1.165) is 11.8 Å². The summed E-state index contributed by atoms with van der Waals surface area (Å²) in [7, 11) is 0. The van der Waals surface area contributed by atoms with Crippen LogP contribution in [0.15, 0.2) is 36.5 Å². The number of carbonyl (C=O) groups is 1. The Morgan fingerprint density at radius 2 is 1.73 bits per heavy atom. The normalized spacial score (nSPS) is 11.4. The Morgan fingerprint density at radius 1 is 1.15 bits per heavy atom. The van der Waals surface area contributed by atoms with Crippen molar-refractivity contribution >= 4 is 17.3 Å². The fraction of sp³-hybridized carbons (Fsp3) is 0.333. The van der Waals surface area contributed by atoms with Crippen molar-refractivity contribution in [3.63, 3.8) is 0 Å². The number of nitrogens with zero attached hydrogens (tertiary/aromatic N) is 1. The molecule has 2 rings (SSSR count). The second-order valence-corrected chi connectivity index (χ2v) is 6.62. The molecule has 0 aliphatic heterocycles. The number of nitrogens with one attached hydrogen (secondary N) is 1. The summed E-state index contributed by atoms with van der Waals surface area (Å²) < 4.78 is 37.6. The third kappa shape index (κ3) is 7.52. The van der Waals surface area contributed by atoms with Gasteiger partial charge in [0.2, 0.25) is 0 Å². The third-order valence-electron chi connectivity index (χ3n) is 2.85. The van der Waals surface area contributed by atoms with Gasteiger partial charge in [0, 0.05) is 23.1 Å². The van der Waals surface area contributed by atoms with Gasteiger partial charge in [-0.3, -0.25) is 9.78 Å². The molecule has 0 atom stereocenters. The van der Waals surface area contributed by atoms with Crippen molar-refractivity contribution in [1.82, 2.24) is 4.98 Å². The van der Waals surface area contributed by atoms with Gasteiger partial charge in [-0.1, -0.05) is 6.07 Å². The number of amides is 1. The first kappa shape index (κ1) is 21.4. The molecule has 1 amide bonds. The van der Waals surface area contributed by atoms with Gasteiger partial charge >= 0.3 is 6.18 Å². The molecule has 0 bridgehead atoms. The van der Waals surface area contributed by atoms with E-state index in [9.17, 15) is 18.0 Å². The van der Waals surface area contributed by atoms with E-state index in [-0.39, 0.29) is 5.56 Å². The van der Waals surface area contributed by atoms with Crippen LogP contribution in [0.25, 0.3) is 0 Å². The van der Waals surface area contributed by atoms with Crippen LogP contribution in [-0.4, -0.2) is 21.6 Å². The van der Waals surface area contributed by atoms with Gasteiger partial charge in [-0.25, -0.2) is 0 Å². The summed E-state index contributed by atoms with van der Waals surface area (Å²) in [5, 5.41) is 11.0. The van der Waals surface area contributed by atoms with Crippen LogP contribution in [0.2, 0.25) is 0 Å². The lowest BCUT2D eigenvalue weighted by Crippen LogP contribution is -2.15. The van der Waals surface area contributed by atoms with Crippen molar-refractivity contribution in [2.24, 2.45) is 0 Å². The van der Waals surface area contributed by atoms with Crippen LogP contribution in [0.5, 0.6) is 0 Å². The Kier molecular flexibility index (Phi) is 6.74. The lowest BCUT2D eigenvalue weighted by atomic mass is 10.1. The van der Waals surface area contributed by atoms with E-state index in [4.69, 9.17) is 10.8 Å². The molecule has 0 spiro atoms. The fourth-order valence-corrected chi connectivity index (χ4v) is 1.65. The van der Waals surface area contributed by atoms with E-state index in [0.29, 0.717) is 17.4 Å². The van der Waals surface area contributed by atoms with Crippen molar-refractivity contribution in [2.75, 3.05) is 11.1 Å². The maximum Gasteiger partial charge on any atom is 0.433 e. The Morgan fingerprint density at radius 3 is 2.23 bits per heavy atom. The summed E-state index contributed by atoms with van der Waals surface area (Å²) in [6, 6.07) is 6.78. The summed E-state index contributed by atoms with van der Waals surface area (Å²) in [5.41, 5.74) is 5.70. The van der Waals surface area contributed by atoms with E-state index in [1.165, 1.54) is 6.07 Å². The molecule has 142 valence electrons. The van der Waals surface area contributed by atoms with Gasteiger partial charge in [0.1, 0.15) is 5.69 Å². The molecule has 0 unspecified atom stereocenters. The Bertz CT molecular complexity index is 763. The molecule has 4 N–H and O–H groups in total. The highest BCUT2D eigenvalue weighted by atomic mass is 19.4. The molecule has 0 saturated carbocycles. The summed E-state index contributed by atoms with van der Waals surface area (Å²) in [6.07, 6.45) is -3.65. The average molecular weight is 369 g/mol. The molecule has 1 aromatic heterocycles. The third-order valence-corrected chi connectivity index (χ3v) is 2.85. The van der Waals surface area contributed by atoms with Crippen molar-refractivity contribution in [3.05, 3.63) is 53.3 Å². The van der Waals surface area contributed by atoms with Gasteiger partial charge in [0.15, 0.2) is 0 Å². The first-order chi connectivity index (χ1) is 11.8. The number of benzene rings is 1. The minimum absolute atomic E-state index is 0.128. The smallest absolute Gasteiger partial charge is 0.398 e. The van der Waals surface area contributed by atoms with Gasteiger partial charge in [-0.15, -0.1) is 0 Å². The second-order valence-electron chi connectivity index (χ2n) is 6.62. The van der Waals surface area contributed by atoms with Crippen molar-refractivity contribution in [1.29, 1.82) is 0 Å². The number of rotatable bonds is 2. The fourth-order valence-electron chi connectivity index (χ4n) is 1.65. The molecule has 2 aromatic rings. The molecule has 0 aliphatic rings. The van der Waals surface area contributed by atoms with Crippen LogP contribution < -0.4 is 11.1 Å². The molecular weight excluding hydrogens is 347 g/mol. The number of hydrogen-bond acceptors (Lipinski definition) is 4. The molecule has 0 fully saturated rings. The first-order valence-electron chi connectivity index (χ1n) is 7.70. The van der Waals surface area contributed by atoms with Crippen LogP contribution in [0.4, 0.5) is 24.5 Å².